The standard InChI is InChI=1S/C34H52O5/c1-20(2)39-27(36)21-10-12-32(7)25(29(21,3)4)11-13-34(9)26(32)24(35)18-22-23-19-31(6,28(37)38)15-14-30(23,5)16-17-33(22,34)8/h18,20-21,23,25-26H,10-17,19H2,1-9H3,(H,37,38)/t21-,23+,25+,26-,30-,31+,32+,33-,34-/m1/s1. The third kappa shape index (κ3) is 3.79. The van der Waals surface area contributed by atoms with Crippen LogP contribution in [-0.2, 0) is 19.1 Å². The average Bonchev–Trinajstić information content (AvgIpc) is 2.80. The Bertz CT molecular complexity index is 1120. The van der Waals surface area contributed by atoms with E-state index in [1.54, 1.807) is 0 Å². The molecular formula is C34H52O5. The van der Waals surface area contributed by atoms with Crippen LogP contribution in [0, 0.1) is 56.2 Å². The molecule has 5 heteroatoms. The van der Waals surface area contributed by atoms with E-state index in [0.717, 1.165) is 44.9 Å². The number of hydrogen-bond acceptors (Lipinski definition) is 4. The molecular weight excluding hydrogens is 488 g/mol. The molecule has 0 radical (unpaired) electrons. The minimum atomic E-state index is -0.735. The lowest BCUT2D eigenvalue weighted by atomic mass is 9.33. The number of carboxylic acids is 1. The lowest BCUT2D eigenvalue weighted by Crippen LogP contribution is -2.66. The van der Waals surface area contributed by atoms with E-state index in [-0.39, 0.29) is 68.6 Å². The molecule has 0 saturated heterocycles. The molecule has 0 spiro atoms. The summed E-state index contributed by atoms with van der Waals surface area (Å²) in [5, 5.41) is 10.1. The molecule has 0 amide bonds. The van der Waals surface area contributed by atoms with Gasteiger partial charge in [-0.05, 0) is 124 Å². The number of carbonyl (C=O) groups is 3. The van der Waals surface area contributed by atoms with Crippen molar-refractivity contribution in [3.05, 3.63) is 11.6 Å². The Morgan fingerprint density at radius 1 is 0.923 bits per heavy atom. The smallest absolute Gasteiger partial charge is 0.309 e. The van der Waals surface area contributed by atoms with Crippen molar-refractivity contribution in [2.45, 2.75) is 126 Å². The third-order valence-electron chi connectivity index (χ3n) is 13.8. The van der Waals surface area contributed by atoms with Gasteiger partial charge in [-0.2, -0.15) is 0 Å². The third-order valence-corrected chi connectivity index (χ3v) is 13.8. The highest BCUT2D eigenvalue weighted by Crippen LogP contribution is 2.75. The summed E-state index contributed by atoms with van der Waals surface area (Å²) in [6.07, 6.45) is 9.88. The summed E-state index contributed by atoms with van der Waals surface area (Å²) in [6.45, 7) is 19.7. The quantitative estimate of drug-likeness (QED) is 0.372. The van der Waals surface area contributed by atoms with Crippen molar-refractivity contribution in [3.8, 4) is 0 Å². The zero-order valence-corrected chi connectivity index (χ0v) is 25.9. The number of allylic oxidation sites excluding steroid dienone is 2. The zero-order valence-electron chi connectivity index (χ0n) is 25.9. The van der Waals surface area contributed by atoms with Crippen LogP contribution in [0.5, 0.6) is 0 Å². The van der Waals surface area contributed by atoms with E-state index in [4.69, 9.17) is 4.74 Å². The summed E-state index contributed by atoms with van der Waals surface area (Å²) in [5.74, 6) is -0.361. The Morgan fingerprint density at radius 3 is 2.18 bits per heavy atom. The van der Waals surface area contributed by atoms with Crippen molar-refractivity contribution in [2.24, 2.45) is 56.2 Å². The van der Waals surface area contributed by atoms with Gasteiger partial charge in [-0.15, -0.1) is 0 Å². The number of rotatable bonds is 3. The molecule has 0 unspecified atom stereocenters. The number of carboxylic acid groups (broad SMARTS) is 1. The molecule has 5 aliphatic carbocycles. The van der Waals surface area contributed by atoms with E-state index in [1.165, 1.54) is 5.57 Å². The normalized spacial score (nSPS) is 48.7. The fourth-order valence-electron chi connectivity index (χ4n) is 11.1. The van der Waals surface area contributed by atoms with Gasteiger partial charge in [0.15, 0.2) is 5.78 Å². The van der Waals surface area contributed by atoms with Crippen LogP contribution in [0.2, 0.25) is 0 Å². The second kappa shape index (κ2) is 8.68. The molecule has 5 aliphatic rings. The topological polar surface area (TPSA) is 80.7 Å². The molecule has 4 saturated carbocycles. The number of aliphatic carboxylic acids is 1. The number of fused-ring (bicyclic) bond motifs is 7. The number of ketones is 1. The minimum Gasteiger partial charge on any atom is -0.481 e. The SMILES string of the molecule is CC(C)OC(=O)[C@H]1CC[C@]2(C)[C@H]3C(=O)C=C4[C@@H]5C[C@@](C)(C(=O)O)CC[C@]5(C)CC[C@@]4(C)[C@]3(C)CC[C@H]2C1(C)C. The van der Waals surface area contributed by atoms with Gasteiger partial charge in [0.1, 0.15) is 0 Å². The Labute approximate surface area is 235 Å². The van der Waals surface area contributed by atoms with Crippen molar-refractivity contribution in [2.75, 3.05) is 0 Å². The second-order valence-corrected chi connectivity index (χ2v) is 16.5. The van der Waals surface area contributed by atoms with Crippen molar-refractivity contribution in [3.63, 3.8) is 0 Å². The number of ether oxygens (including phenoxy) is 1. The first-order valence-corrected chi connectivity index (χ1v) is 15.6. The molecule has 0 aliphatic heterocycles. The van der Waals surface area contributed by atoms with Gasteiger partial charge in [0.2, 0.25) is 0 Å². The molecule has 5 rings (SSSR count). The number of hydrogen-bond donors (Lipinski definition) is 1. The second-order valence-electron chi connectivity index (χ2n) is 16.5. The van der Waals surface area contributed by atoms with Crippen LogP contribution < -0.4 is 0 Å². The van der Waals surface area contributed by atoms with E-state index < -0.39 is 11.4 Å². The van der Waals surface area contributed by atoms with Gasteiger partial charge in [-0.25, -0.2) is 0 Å². The molecule has 5 nitrogen and oxygen atoms in total. The van der Waals surface area contributed by atoms with E-state index >= 15 is 0 Å². The molecule has 39 heavy (non-hydrogen) atoms. The molecule has 0 aromatic carbocycles. The Morgan fingerprint density at radius 2 is 1.56 bits per heavy atom. The average molecular weight is 541 g/mol. The number of esters is 1. The summed E-state index contributed by atoms with van der Waals surface area (Å²) < 4.78 is 5.71. The monoisotopic (exact) mass is 540 g/mol. The van der Waals surface area contributed by atoms with Gasteiger partial charge in [0, 0.05) is 5.92 Å². The van der Waals surface area contributed by atoms with Crippen molar-refractivity contribution in [1.82, 2.24) is 0 Å². The van der Waals surface area contributed by atoms with Crippen LogP contribution in [0.15, 0.2) is 11.6 Å². The summed E-state index contributed by atoms with van der Waals surface area (Å²) in [4.78, 5) is 40.0. The van der Waals surface area contributed by atoms with Crippen LogP contribution in [0.1, 0.15) is 120 Å². The molecule has 0 aromatic heterocycles. The van der Waals surface area contributed by atoms with Crippen LogP contribution >= 0.6 is 0 Å². The predicted octanol–water partition coefficient (Wildman–Crippen LogP) is 7.62. The van der Waals surface area contributed by atoms with Gasteiger partial charge in [0.05, 0.1) is 17.4 Å². The summed E-state index contributed by atoms with van der Waals surface area (Å²) in [6, 6.07) is 0. The van der Waals surface area contributed by atoms with Gasteiger partial charge >= 0.3 is 11.9 Å². The minimum absolute atomic E-state index is 0.0573. The van der Waals surface area contributed by atoms with E-state index in [1.807, 2.05) is 26.8 Å². The largest absolute Gasteiger partial charge is 0.481 e. The van der Waals surface area contributed by atoms with Crippen molar-refractivity contribution in [1.29, 1.82) is 0 Å². The maximum absolute atomic E-state index is 14.5. The van der Waals surface area contributed by atoms with E-state index in [9.17, 15) is 19.5 Å². The highest BCUT2D eigenvalue weighted by atomic mass is 16.5. The number of carbonyl (C=O) groups excluding carboxylic acids is 2. The van der Waals surface area contributed by atoms with E-state index in [0.29, 0.717) is 12.8 Å². The van der Waals surface area contributed by atoms with E-state index in [2.05, 4.69) is 41.5 Å². The molecule has 218 valence electrons. The molecule has 0 heterocycles. The van der Waals surface area contributed by atoms with Gasteiger partial charge in [0.25, 0.3) is 0 Å². The van der Waals surface area contributed by atoms with Gasteiger partial charge < -0.3 is 9.84 Å². The zero-order chi connectivity index (χ0) is 29.0. The first kappa shape index (κ1) is 28.9. The first-order valence-electron chi connectivity index (χ1n) is 15.6. The maximum Gasteiger partial charge on any atom is 0.309 e. The Balaban J connectivity index is 1.55. The lowest BCUT2D eigenvalue weighted by molar-refractivity contribution is -0.200. The van der Waals surface area contributed by atoms with Crippen LogP contribution in [-0.4, -0.2) is 28.9 Å². The fourth-order valence-corrected chi connectivity index (χ4v) is 11.1. The predicted molar refractivity (Wildman–Crippen MR) is 152 cm³/mol. The van der Waals surface area contributed by atoms with Crippen molar-refractivity contribution < 1.29 is 24.2 Å². The summed E-state index contributed by atoms with van der Waals surface area (Å²) in [7, 11) is 0. The molecule has 9 atom stereocenters. The fraction of sp³-hybridized carbons (Fsp3) is 0.853. The van der Waals surface area contributed by atoms with Gasteiger partial charge in [-0.1, -0.05) is 47.1 Å². The molecule has 0 bridgehead atoms. The van der Waals surface area contributed by atoms with Gasteiger partial charge in [-0.3, -0.25) is 14.4 Å². The first-order chi connectivity index (χ1) is 17.9. The van der Waals surface area contributed by atoms with Crippen LogP contribution in [0.4, 0.5) is 0 Å². The molecule has 4 fully saturated rings. The maximum atomic E-state index is 14.5. The summed E-state index contributed by atoms with van der Waals surface area (Å²) >= 11 is 0. The highest BCUT2D eigenvalue weighted by Gasteiger charge is 2.70. The molecule has 0 aromatic rings. The highest BCUT2D eigenvalue weighted by molar-refractivity contribution is 5.95. The Kier molecular flexibility index (Phi) is 6.42. The lowest BCUT2D eigenvalue weighted by Gasteiger charge is -2.70. The van der Waals surface area contributed by atoms with Crippen LogP contribution in [0.3, 0.4) is 0 Å². The molecule has 1 N–H and O–H groups in total. The Hall–Kier alpha value is -1.65. The summed E-state index contributed by atoms with van der Waals surface area (Å²) in [5.41, 5.74) is -0.165. The van der Waals surface area contributed by atoms with Crippen molar-refractivity contribution >= 4 is 17.7 Å². The van der Waals surface area contributed by atoms with Crippen LogP contribution in [0.25, 0.3) is 0 Å².